The number of nitrogens with zero attached hydrogens (tertiary/aromatic N) is 2. The highest BCUT2D eigenvalue weighted by atomic mass is 16.5. The number of aliphatic hydroxyl groups excluding tert-OH is 1. The Hall–Kier alpha value is -2.69. The summed E-state index contributed by atoms with van der Waals surface area (Å²) in [6.07, 6.45) is 2.99. The van der Waals surface area contributed by atoms with Gasteiger partial charge in [-0.2, -0.15) is 0 Å². The van der Waals surface area contributed by atoms with Crippen LogP contribution in [0.3, 0.4) is 0 Å². The van der Waals surface area contributed by atoms with Gasteiger partial charge in [-0.1, -0.05) is 13.8 Å². The second kappa shape index (κ2) is 12.2. The van der Waals surface area contributed by atoms with Crippen LogP contribution in [-0.4, -0.2) is 81.5 Å². The van der Waals surface area contributed by atoms with Crippen LogP contribution in [0.1, 0.15) is 39.5 Å². The summed E-state index contributed by atoms with van der Waals surface area (Å²) in [5.74, 6) is -0.00861. The van der Waals surface area contributed by atoms with Crippen molar-refractivity contribution in [3.05, 3.63) is 18.2 Å². The van der Waals surface area contributed by atoms with Crippen LogP contribution in [0, 0.1) is 17.8 Å². The number of methoxy groups -OCH3 is 1. The second-order valence-electron chi connectivity index (χ2n) is 10.7. The van der Waals surface area contributed by atoms with E-state index in [0.717, 1.165) is 18.5 Å². The van der Waals surface area contributed by atoms with Crippen LogP contribution in [0.2, 0.25) is 0 Å². The molecule has 0 spiro atoms. The Morgan fingerprint density at radius 3 is 2.70 bits per heavy atom. The highest BCUT2D eigenvalue weighted by Crippen LogP contribution is 2.40. The Kier molecular flexibility index (Phi) is 9.04. The van der Waals surface area contributed by atoms with Gasteiger partial charge < -0.3 is 35.0 Å². The molecule has 37 heavy (non-hydrogen) atoms. The SMILES string of the molecule is COCCN1C(=O)COc2ccc(N(C(=O)[C@H]3CNC[C@@H](C(=O)NC(CO)CC(C)C)C3)C3CC3)cc21. The monoisotopic (exact) mass is 516 g/mol. The van der Waals surface area contributed by atoms with Crippen LogP contribution >= 0.6 is 0 Å². The van der Waals surface area contributed by atoms with Gasteiger partial charge in [0.05, 0.1) is 36.8 Å². The first-order valence-electron chi connectivity index (χ1n) is 13.3. The quantitative estimate of drug-likeness (QED) is 0.406. The molecular weight excluding hydrogens is 476 g/mol. The molecule has 4 rings (SSSR count). The molecule has 1 aliphatic carbocycles. The molecule has 204 valence electrons. The summed E-state index contributed by atoms with van der Waals surface area (Å²) in [4.78, 5) is 42.8. The predicted molar refractivity (Wildman–Crippen MR) is 140 cm³/mol. The van der Waals surface area contributed by atoms with Gasteiger partial charge in [0.1, 0.15) is 5.75 Å². The number of carbonyl (C=O) groups excluding carboxylic acids is 3. The van der Waals surface area contributed by atoms with Gasteiger partial charge in [-0.3, -0.25) is 14.4 Å². The van der Waals surface area contributed by atoms with Crippen LogP contribution in [-0.2, 0) is 19.1 Å². The van der Waals surface area contributed by atoms with Crippen molar-refractivity contribution >= 4 is 29.1 Å². The van der Waals surface area contributed by atoms with Crippen LogP contribution < -0.4 is 25.2 Å². The third kappa shape index (κ3) is 6.61. The van der Waals surface area contributed by atoms with Gasteiger partial charge in [0.25, 0.3) is 5.91 Å². The van der Waals surface area contributed by atoms with E-state index in [0.29, 0.717) is 56.4 Å². The maximum Gasteiger partial charge on any atom is 0.265 e. The smallest absolute Gasteiger partial charge is 0.265 e. The number of hydrogen-bond donors (Lipinski definition) is 3. The van der Waals surface area contributed by atoms with Crippen LogP contribution in [0.15, 0.2) is 18.2 Å². The topological polar surface area (TPSA) is 120 Å². The van der Waals surface area contributed by atoms with E-state index >= 15 is 0 Å². The van der Waals surface area contributed by atoms with E-state index in [9.17, 15) is 19.5 Å². The van der Waals surface area contributed by atoms with Crippen molar-refractivity contribution in [3.8, 4) is 5.75 Å². The molecule has 1 unspecified atom stereocenters. The molecule has 1 aromatic rings. The minimum absolute atomic E-state index is 0.0140. The molecule has 2 heterocycles. The average molecular weight is 517 g/mol. The first-order valence-corrected chi connectivity index (χ1v) is 13.3. The van der Waals surface area contributed by atoms with Gasteiger partial charge in [0.15, 0.2) is 6.61 Å². The van der Waals surface area contributed by atoms with Crippen molar-refractivity contribution in [1.29, 1.82) is 0 Å². The number of benzene rings is 1. The minimum Gasteiger partial charge on any atom is -0.482 e. The Balaban J connectivity index is 1.49. The summed E-state index contributed by atoms with van der Waals surface area (Å²) in [5.41, 5.74) is 1.37. The molecule has 1 aromatic carbocycles. The maximum atomic E-state index is 13.8. The molecule has 0 radical (unpaired) electrons. The largest absolute Gasteiger partial charge is 0.482 e. The van der Waals surface area contributed by atoms with E-state index in [-0.39, 0.29) is 54.9 Å². The Morgan fingerprint density at radius 1 is 1.27 bits per heavy atom. The number of aliphatic hydroxyl groups is 1. The summed E-state index contributed by atoms with van der Waals surface area (Å²) < 4.78 is 10.8. The number of amides is 3. The first-order chi connectivity index (χ1) is 17.8. The highest BCUT2D eigenvalue weighted by Gasteiger charge is 2.40. The molecule has 10 nitrogen and oxygen atoms in total. The van der Waals surface area contributed by atoms with E-state index in [1.165, 1.54) is 0 Å². The van der Waals surface area contributed by atoms with Gasteiger partial charge in [-0.25, -0.2) is 0 Å². The number of anilines is 2. The zero-order chi connectivity index (χ0) is 26.5. The third-order valence-corrected chi connectivity index (χ3v) is 7.23. The van der Waals surface area contributed by atoms with Crippen molar-refractivity contribution < 1.29 is 29.0 Å². The van der Waals surface area contributed by atoms with E-state index in [2.05, 4.69) is 24.5 Å². The van der Waals surface area contributed by atoms with Crippen molar-refractivity contribution in [2.75, 3.05) is 56.4 Å². The van der Waals surface area contributed by atoms with Gasteiger partial charge in [0.2, 0.25) is 11.8 Å². The number of ether oxygens (including phenoxy) is 2. The zero-order valence-corrected chi connectivity index (χ0v) is 22.1. The molecule has 2 fully saturated rings. The number of rotatable bonds is 11. The Morgan fingerprint density at radius 2 is 2.03 bits per heavy atom. The minimum atomic E-state index is -0.346. The molecule has 3 atom stereocenters. The summed E-state index contributed by atoms with van der Waals surface area (Å²) >= 11 is 0. The lowest BCUT2D eigenvalue weighted by molar-refractivity contribution is -0.129. The number of carbonyl (C=O) groups is 3. The predicted octanol–water partition coefficient (Wildman–Crippen LogP) is 1.30. The van der Waals surface area contributed by atoms with Gasteiger partial charge in [0, 0.05) is 38.5 Å². The van der Waals surface area contributed by atoms with E-state index in [1.54, 1.807) is 12.0 Å². The van der Waals surface area contributed by atoms with Gasteiger partial charge in [-0.15, -0.1) is 0 Å². The molecule has 0 aromatic heterocycles. The fourth-order valence-electron chi connectivity index (χ4n) is 5.21. The van der Waals surface area contributed by atoms with E-state index < -0.39 is 0 Å². The fraction of sp³-hybridized carbons (Fsp3) is 0.667. The van der Waals surface area contributed by atoms with E-state index in [1.807, 2.05) is 23.1 Å². The summed E-state index contributed by atoms with van der Waals surface area (Å²) in [7, 11) is 1.59. The lowest BCUT2D eigenvalue weighted by Gasteiger charge is -2.35. The molecule has 3 amide bonds. The highest BCUT2D eigenvalue weighted by molar-refractivity contribution is 6.01. The molecule has 10 heteroatoms. The molecule has 2 aliphatic heterocycles. The van der Waals surface area contributed by atoms with Crippen LogP contribution in [0.5, 0.6) is 5.75 Å². The van der Waals surface area contributed by atoms with Crippen LogP contribution in [0.4, 0.5) is 11.4 Å². The summed E-state index contributed by atoms with van der Waals surface area (Å²) in [5, 5.41) is 15.9. The van der Waals surface area contributed by atoms with Crippen LogP contribution in [0.25, 0.3) is 0 Å². The maximum absolute atomic E-state index is 13.8. The average Bonchev–Trinajstić information content (AvgIpc) is 3.72. The number of piperidine rings is 1. The molecule has 3 N–H and O–H groups in total. The molecule has 3 aliphatic rings. The standard InChI is InChI=1S/C27H40N4O6/c1-17(2)10-20(15-32)29-26(34)18-11-19(14-28-13-18)27(35)31(21-4-5-21)22-6-7-24-23(12-22)30(8-9-36-3)25(33)16-37-24/h6-7,12,17-21,28,32H,4-5,8-11,13-16H2,1-3H3,(H,29,34)/t18-,19+,20?/m0/s1. The number of fused-ring (bicyclic) bond motifs is 1. The van der Waals surface area contributed by atoms with Gasteiger partial charge in [-0.05, 0) is 49.8 Å². The lowest BCUT2D eigenvalue weighted by atomic mass is 9.88. The van der Waals surface area contributed by atoms with Crippen molar-refractivity contribution in [2.45, 2.75) is 51.6 Å². The number of nitrogens with one attached hydrogen (secondary N) is 2. The fourth-order valence-corrected chi connectivity index (χ4v) is 5.21. The summed E-state index contributed by atoms with van der Waals surface area (Å²) in [6.45, 7) is 5.79. The lowest BCUT2D eigenvalue weighted by Crippen LogP contribution is -2.51. The first kappa shape index (κ1) is 27.3. The van der Waals surface area contributed by atoms with Crippen molar-refractivity contribution in [1.82, 2.24) is 10.6 Å². The second-order valence-corrected chi connectivity index (χ2v) is 10.7. The molecule has 1 saturated heterocycles. The Labute approximate surface area is 218 Å². The van der Waals surface area contributed by atoms with E-state index in [4.69, 9.17) is 9.47 Å². The number of hydrogen-bond acceptors (Lipinski definition) is 7. The molecule has 1 saturated carbocycles. The third-order valence-electron chi connectivity index (χ3n) is 7.23. The van der Waals surface area contributed by atoms with Crippen molar-refractivity contribution in [2.24, 2.45) is 17.8 Å². The van der Waals surface area contributed by atoms with Crippen molar-refractivity contribution in [3.63, 3.8) is 0 Å². The zero-order valence-electron chi connectivity index (χ0n) is 22.1. The van der Waals surface area contributed by atoms with Gasteiger partial charge >= 0.3 is 0 Å². The molecular formula is C27H40N4O6. The Bertz CT molecular complexity index is 982. The normalized spacial score (nSPS) is 22.3. The molecule has 0 bridgehead atoms. The summed E-state index contributed by atoms with van der Waals surface area (Å²) in [6, 6.07) is 5.37.